The largest absolute Gasteiger partial charge is 0.449 e. The standard InChI is InChI=1S/C22H24N2O5/c1-4-15(2)19-10-5-6-11-20(19)23-22(26)16(3)29-21(25)13-12-17-8-7-9-18(14-17)24(27)28/h5-16H,4H2,1-3H3,(H,23,26)/b13-12+/t15-,16-/m1/s1. The van der Waals surface area contributed by atoms with Crippen LogP contribution in [0.25, 0.3) is 6.08 Å². The van der Waals surface area contributed by atoms with E-state index in [1.165, 1.54) is 31.2 Å². The van der Waals surface area contributed by atoms with Crippen molar-refractivity contribution < 1.29 is 19.2 Å². The van der Waals surface area contributed by atoms with Crippen LogP contribution in [0.1, 0.15) is 44.2 Å². The van der Waals surface area contributed by atoms with Gasteiger partial charge in [-0.05, 0) is 42.5 Å². The molecule has 0 aromatic heterocycles. The van der Waals surface area contributed by atoms with Crippen LogP contribution in [0.4, 0.5) is 11.4 Å². The quantitative estimate of drug-likeness (QED) is 0.302. The van der Waals surface area contributed by atoms with Crippen molar-refractivity contribution in [1.82, 2.24) is 0 Å². The van der Waals surface area contributed by atoms with Gasteiger partial charge in [-0.25, -0.2) is 4.79 Å². The summed E-state index contributed by atoms with van der Waals surface area (Å²) in [6, 6.07) is 13.4. The summed E-state index contributed by atoms with van der Waals surface area (Å²) in [4.78, 5) is 34.7. The second-order valence-electron chi connectivity index (χ2n) is 6.65. The number of nitro benzene ring substituents is 1. The summed E-state index contributed by atoms with van der Waals surface area (Å²) in [7, 11) is 0. The summed E-state index contributed by atoms with van der Waals surface area (Å²) in [5, 5.41) is 13.6. The number of amides is 1. The number of carbonyl (C=O) groups is 2. The molecule has 2 aromatic rings. The van der Waals surface area contributed by atoms with E-state index in [0.717, 1.165) is 18.1 Å². The van der Waals surface area contributed by atoms with Gasteiger partial charge in [-0.1, -0.05) is 44.2 Å². The van der Waals surface area contributed by atoms with Crippen LogP contribution in [-0.2, 0) is 14.3 Å². The summed E-state index contributed by atoms with van der Waals surface area (Å²) in [5.41, 5.74) is 2.12. The van der Waals surface area contributed by atoms with E-state index in [1.807, 2.05) is 24.3 Å². The van der Waals surface area contributed by atoms with E-state index in [1.54, 1.807) is 6.07 Å². The highest BCUT2D eigenvalue weighted by Gasteiger charge is 2.19. The van der Waals surface area contributed by atoms with Crippen molar-refractivity contribution in [3.63, 3.8) is 0 Å². The lowest BCUT2D eigenvalue weighted by molar-refractivity contribution is -0.384. The molecule has 2 atom stereocenters. The fourth-order valence-electron chi connectivity index (χ4n) is 2.67. The molecular formula is C22H24N2O5. The van der Waals surface area contributed by atoms with Crippen molar-refractivity contribution in [2.24, 2.45) is 0 Å². The molecule has 1 amide bonds. The number of esters is 1. The molecule has 0 radical (unpaired) electrons. The number of carbonyl (C=O) groups excluding carboxylic acids is 2. The van der Waals surface area contributed by atoms with Crippen LogP contribution >= 0.6 is 0 Å². The van der Waals surface area contributed by atoms with E-state index in [2.05, 4.69) is 19.2 Å². The number of para-hydroxylation sites is 1. The highest BCUT2D eigenvalue weighted by molar-refractivity contribution is 5.97. The minimum absolute atomic E-state index is 0.0757. The van der Waals surface area contributed by atoms with Crippen molar-refractivity contribution in [2.75, 3.05) is 5.32 Å². The number of ether oxygens (including phenoxy) is 1. The number of hydrogen-bond acceptors (Lipinski definition) is 5. The smallest absolute Gasteiger partial charge is 0.331 e. The predicted molar refractivity (Wildman–Crippen MR) is 111 cm³/mol. The first kappa shape index (κ1) is 21.8. The van der Waals surface area contributed by atoms with Crippen LogP contribution in [0, 0.1) is 10.1 Å². The number of non-ortho nitro benzene ring substituents is 1. The summed E-state index contributed by atoms with van der Waals surface area (Å²) in [6.07, 6.45) is 2.47. The molecule has 0 aliphatic rings. The fourth-order valence-corrected chi connectivity index (χ4v) is 2.67. The lowest BCUT2D eigenvalue weighted by atomic mass is 9.97. The number of anilines is 1. The molecule has 0 saturated heterocycles. The van der Waals surface area contributed by atoms with Crippen molar-refractivity contribution in [3.8, 4) is 0 Å². The maximum atomic E-state index is 12.4. The Hall–Kier alpha value is -3.48. The Bertz CT molecular complexity index is 923. The molecule has 2 aromatic carbocycles. The summed E-state index contributed by atoms with van der Waals surface area (Å²) in [6.45, 7) is 5.63. The van der Waals surface area contributed by atoms with E-state index in [-0.39, 0.29) is 11.6 Å². The minimum Gasteiger partial charge on any atom is -0.449 e. The third-order valence-electron chi connectivity index (χ3n) is 4.52. The number of nitrogens with one attached hydrogen (secondary N) is 1. The zero-order chi connectivity index (χ0) is 21.4. The second kappa shape index (κ2) is 10.2. The van der Waals surface area contributed by atoms with E-state index < -0.39 is 22.9 Å². The molecule has 152 valence electrons. The summed E-state index contributed by atoms with van der Waals surface area (Å²) in [5.74, 6) is -0.866. The monoisotopic (exact) mass is 396 g/mol. The first-order chi connectivity index (χ1) is 13.8. The van der Waals surface area contributed by atoms with Gasteiger partial charge in [-0.3, -0.25) is 14.9 Å². The lowest BCUT2D eigenvalue weighted by Crippen LogP contribution is -2.29. The molecule has 0 aliphatic carbocycles. The second-order valence-corrected chi connectivity index (χ2v) is 6.65. The molecule has 1 N–H and O–H groups in total. The number of rotatable bonds is 8. The lowest BCUT2D eigenvalue weighted by Gasteiger charge is -2.17. The Morgan fingerprint density at radius 2 is 1.90 bits per heavy atom. The zero-order valence-electron chi connectivity index (χ0n) is 16.6. The highest BCUT2D eigenvalue weighted by atomic mass is 16.6. The molecule has 0 heterocycles. The summed E-state index contributed by atoms with van der Waals surface area (Å²) < 4.78 is 5.14. The third kappa shape index (κ3) is 6.27. The Labute approximate surface area is 169 Å². The Morgan fingerprint density at radius 3 is 2.59 bits per heavy atom. The molecule has 0 bridgehead atoms. The molecule has 7 heteroatoms. The molecule has 0 aliphatic heterocycles. The highest BCUT2D eigenvalue weighted by Crippen LogP contribution is 2.26. The maximum absolute atomic E-state index is 12.4. The van der Waals surface area contributed by atoms with Crippen LogP contribution in [0.5, 0.6) is 0 Å². The topological polar surface area (TPSA) is 98.5 Å². The molecular weight excluding hydrogens is 372 g/mol. The maximum Gasteiger partial charge on any atom is 0.331 e. The average Bonchev–Trinajstić information content (AvgIpc) is 2.72. The predicted octanol–water partition coefficient (Wildman–Crippen LogP) is 4.69. The molecule has 7 nitrogen and oxygen atoms in total. The Kier molecular flexibility index (Phi) is 7.65. The van der Waals surface area contributed by atoms with Crippen LogP contribution in [0.3, 0.4) is 0 Å². The van der Waals surface area contributed by atoms with Crippen molar-refractivity contribution in [3.05, 3.63) is 75.8 Å². The van der Waals surface area contributed by atoms with Gasteiger partial charge in [0, 0.05) is 23.9 Å². The summed E-state index contributed by atoms with van der Waals surface area (Å²) >= 11 is 0. The van der Waals surface area contributed by atoms with Crippen LogP contribution in [0.15, 0.2) is 54.6 Å². The average molecular weight is 396 g/mol. The molecule has 2 rings (SSSR count). The van der Waals surface area contributed by atoms with Crippen molar-refractivity contribution in [2.45, 2.75) is 39.2 Å². The van der Waals surface area contributed by atoms with Crippen LogP contribution < -0.4 is 5.32 Å². The van der Waals surface area contributed by atoms with Crippen molar-refractivity contribution >= 4 is 29.3 Å². The number of nitro groups is 1. The number of benzene rings is 2. The third-order valence-corrected chi connectivity index (χ3v) is 4.52. The van der Waals surface area contributed by atoms with Gasteiger partial charge in [0.1, 0.15) is 0 Å². The Morgan fingerprint density at radius 1 is 1.17 bits per heavy atom. The van der Waals surface area contributed by atoms with Crippen molar-refractivity contribution in [1.29, 1.82) is 0 Å². The first-order valence-corrected chi connectivity index (χ1v) is 9.34. The molecule has 29 heavy (non-hydrogen) atoms. The normalized spacial score (nSPS) is 12.9. The Balaban J connectivity index is 1.98. The zero-order valence-corrected chi connectivity index (χ0v) is 16.6. The van der Waals surface area contributed by atoms with Gasteiger partial charge in [-0.15, -0.1) is 0 Å². The van der Waals surface area contributed by atoms with Gasteiger partial charge in [0.05, 0.1) is 4.92 Å². The van der Waals surface area contributed by atoms with Crippen LogP contribution in [-0.4, -0.2) is 22.9 Å². The van der Waals surface area contributed by atoms with Gasteiger partial charge >= 0.3 is 5.97 Å². The molecule has 0 fully saturated rings. The van der Waals surface area contributed by atoms with Gasteiger partial charge in [0.25, 0.3) is 11.6 Å². The molecule has 0 saturated carbocycles. The minimum atomic E-state index is -0.998. The van der Waals surface area contributed by atoms with Gasteiger partial charge in [0.15, 0.2) is 6.10 Å². The SMILES string of the molecule is CC[C@@H](C)c1ccccc1NC(=O)[C@@H](C)OC(=O)/C=C/c1cccc([N+](=O)[O-])c1. The van der Waals surface area contributed by atoms with E-state index in [0.29, 0.717) is 11.3 Å². The van der Waals surface area contributed by atoms with E-state index in [9.17, 15) is 19.7 Å². The van der Waals surface area contributed by atoms with Gasteiger partial charge in [0.2, 0.25) is 0 Å². The fraction of sp³-hybridized carbons (Fsp3) is 0.273. The van der Waals surface area contributed by atoms with Crippen LogP contribution in [0.2, 0.25) is 0 Å². The van der Waals surface area contributed by atoms with E-state index >= 15 is 0 Å². The number of nitrogens with zero attached hydrogens (tertiary/aromatic N) is 1. The first-order valence-electron chi connectivity index (χ1n) is 9.34. The molecule has 0 unspecified atom stereocenters. The van der Waals surface area contributed by atoms with E-state index in [4.69, 9.17) is 4.74 Å². The number of hydrogen-bond donors (Lipinski definition) is 1. The molecule has 0 spiro atoms. The van der Waals surface area contributed by atoms with Gasteiger partial charge in [-0.2, -0.15) is 0 Å². The van der Waals surface area contributed by atoms with Gasteiger partial charge < -0.3 is 10.1 Å².